The van der Waals surface area contributed by atoms with E-state index in [1.807, 2.05) is 48.0 Å². The molecule has 0 unspecified atom stereocenters. The van der Waals surface area contributed by atoms with Gasteiger partial charge in [-0.2, -0.15) is 0 Å². The lowest BCUT2D eigenvalue weighted by atomic mass is 10.2. The van der Waals surface area contributed by atoms with E-state index in [4.69, 9.17) is 11.6 Å². The zero-order valence-electron chi connectivity index (χ0n) is 13.2. The Kier molecular flexibility index (Phi) is 4.53. The number of benzene rings is 2. The summed E-state index contributed by atoms with van der Waals surface area (Å²) in [6.07, 6.45) is 5.50. The van der Waals surface area contributed by atoms with Crippen molar-refractivity contribution in [3.8, 4) is 5.69 Å². The van der Waals surface area contributed by atoms with E-state index in [2.05, 4.69) is 34.6 Å². The molecule has 0 saturated heterocycles. The van der Waals surface area contributed by atoms with E-state index in [0.717, 1.165) is 28.6 Å². The molecule has 1 aromatic heterocycles. The van der Waals surface area contributed by atoms with Gasteiger partial charge in [0.15, 0.2) is 0 Å². The molecule has 3 rings (SSSR count). The van der Waals surface area contributed by atoms with E-state index in [1.54, 1.807) is 12.5 Å². The van der Waals surface area contributed by atoms with E-state index < -0.39 is 0 Å². The van der Waals surface area contributed by atoms with Gasteiger partial charge in [0.2, 0.25) is 0 Å². The third-order valence-corrected chi connectivity index (χ3v) is 3.96. The molecule has 0 aliphatic heterocycles. The smallest absolute Gasteiger partial charge is 0.0991 e. The fourth-order valence-electron chi connectivity index (χ4n) is 2.51. The van der Waals surface area contributed by atoms with Crippen molar-refractivity contribution in [3.05, 3.63) is 71.8 Å². The first-order valence-electron chi connectivity index (χ1n) is 7.42. The van der Waals surface area contributed by atoms with Crippen LogP contribution in [0.4, 0.5) is 11.4 Å². The van der Waals surface area contributed by atoms with Crippen molar-refractivity contribution in [1.82, 2.24) is 9.55 Å². The number of hydrogen-bond donors (Lipinski definition) is 1. The summed E-state index contributed by atoms with van der Waals surface area (Å²) in [5.74, 6) is 0. The molecular weight excluding hydrogens is 308 g/mol. The highest BCUT2D eigenvalue weighted by Crippen LogP contribution is 2.32. The van der Waals surface area contributed by atoms with Crippen molar-refractivity contribution in [2.24, 2.45) is 0 Å². The molecule has 4 nitrogen and oxygen atoms in total. The second-order valence-electron chi connectivity index (χ2n) is 5.52. The maximum Gasteiger partial charge on any atom is 0.0991 e. The van der Waals surface area contributed by atoms with Crippen LogP contribution in [0.3, 0.4) is 0 Å². The zero-order valence-corrected chi connectivity index (χ0v) is 14.0. The highest BCUT2D eigenvalue weighted by Gasteiger charge is 2.08. The third kappa shape index (κ3) is 3.48. The van der Waals surface area contributed by atoms with Crippen molar-refractivity contribution in [3.63, 3.8) is 0 Å². The first-order chi connectivity index (χ1) is 11.1. The van der Waals surface area contributed by atoms with Crippen LogP contribution in [0.2, 0.25) is 5.02 Å². The predicted molar refractivity (Wildman–Crippen MR) is 96.7 cm³/mol. The van der Waals surface area contributed by atoms with Crippen LogP contribution in [0, 0.1) is 0 Å². The molecule has 5 heteroatoms. The van der Waals surface area contributed by atoms with Gasteiger partial charge in [-0.1, -0.05) is 29.8 Å². The highest BCUT2D eigenvalue weighted by atomic mass is 35.5. The van der Waals surface area contributed by atoms with Crippen LogP contribution in [0.1, 0.15) is 5.56 Å². The van der Waals surface area contributed by atoms with E-state index in [-0.39, 0.29) is 0 Å². The summed E-state index contributed by atoms with van der Waals surface area (Å²) in [4.78, 5) is 6.09. The van der Waals surface area contributed by atoms with Gasteiger partial charge in [-0.25, -0.2) is 4.98 Å². The molecule has 0 fully saturated rings. The molecule has 1 N–H and O–H groups in total. The summed E-state index contributed by atoms with van der Waals surface area (Å²) in [6, 6.07) is 14.3. The number of para-hydroxylation sites is 1. The Bertz CT molecular complexity index is 764. The Balaban J connectivity index is 1.73. The second-order valence-corrected chi connectivity index (χ2v) is 5.93. The maximum atomic E-state index is 6.29. The monoisotopic (exact) mass is 326 g/mol. The predicted octanol–water partition coefficient (Wildman–Crippen LogP) is 4.20. The van der Waals surface area contributed by atoms with Crippen LogP contribution < -0.4 is 10.2 Å². The average Bonchev–Trinajstić information content (AvgIpc) is 3.07. The Morgan fingerprint density at radius 2 is 1.91 bits per heavy atom. The lowest BCUT2D eigenvalue weighted by Gasteiger charge is -2.20. The average molecular weight is 327 g/mol. The standard InChI is InChI=1S/C18H19ClN4/c1-22(2)18-16(19)4-3-5-17(18)21-12-14-6-8-15(9-7-14)23-11-10-20-13-23/h3-11,13,21H,12H2,1-2H3. The van der Waals surface area contributed by atoms with Gasteiger partial charge in [-0.3, -0.25) is 0 Å². The molecule has 0 aliphatic rings. The van der Waals surface area contributed by atoms with Crippen molar-refractivity contribution < 1.29 is 0 Å². The minimum absolute atomic E-state index is 0.741. The van der Waals surface area contributed by atoms with E-state index >= 15 is 0 Å². The van der Waals surface area contributed by atoms with Crippen LogP contribution in [0.25, 0.3) is 5.69 Å². The minimum Gasteiger partial charge on any atom is -0.379 e. The summed E-state index contributed by atoms with van der Waals surface area (Å²) in [6.45, 7) is 0.741. The van der Waals surface area contributed by atoms with E-state index in [1.165, 1.54) is 5.56 Å². The highest BCUT2D eigenvalue weighted by molar-refractivity contribution is 6.34. The Hall–Kier alpha value is -2.46. The number of aromatic nitrogens is 2. The van der Waals surface area contributed by atoms with Crippen molar-refractivity contribution in [1.29, 1.82) is 0 Å². The second kappa shape index (κ2) is 6.75. The molecule has 2 aromatic carbocycles. The van der Waals surface area contributed by atoms with Crippen LogP contribution in [0.5, 0.6) is 0 Å². The molecule has 23 heavy (non-hydrogen) atoms. The van der Waals surface area contributed by atoms with Crippen LogP contribution in [0.15, 0.2) is 61.2 Å². The zero-order chi connectivity index (χ0) is 16.2. The van der Waals surface area contributed by atoms with Gasteiger partial charge in [0, 0.05) is 38.7 Å². The normalized spacial score (nSPS) is 10.6. The van der Waals surface area contributed by atoms with Crippen LogP contribution in [-0.4, -0.2) is 23.6 Å². The lowest BCUT2D eigenvalue weighted by molar-refractivity contribution is 1.05. The quantitative estimate of drug-likeness (QED) is 0.762. The van der Waals surface area contributed by atoms with Gasteiger partial charge in [0.1, 0.15) is 0 Å². The van der Waals surface area contributed by atoms with Gasteiger partial charge in [0.25, 0.3) is 0 Å². The fraction of sp³-hybridized carbons (Fsp3) is 0.167. The molecule has 0 aliphatic carbocycles. The Morgan fingerprint density at radius 1 is 1.13 bits per heavy atom. The summed E-state index contributed by atoms with van der Waals surface area (Å²) in [5, 5.41) is 4.21. The number of nitrogens with zero attached hydrogens (tertiary/aromatic N) is 3. The largest absolute Gasteiger partial charge is 0.379 e. The summed E-state index contributed by atoms with van der Waals surface area (Å²) < 4.78 is 1.98. The van der Waals surface area contributed by atoms with Gasteiger partial charge >= 0.3 is 0 Å². The van der Waals surface area contributed by atoms with Crippen LogP contribution >= 0.6 is 11.6 Å². The summed E-state index contributed by atoms with van der Waals surface area (Å²) >= 11 is 6.29. The van der Waals surface area contributed by atoms with Crippen molar-refractivity contribution in [2.75, 3.05) is 24.3 Å². The molecule has 3 aromatic rings. The molecule has 0 radical (unpaired) electrons. The number of imidazole rings is 1. The van der Waals surface area contributed by atoms with Crippen molar-refractivity contribution in [2.45, 2.75) is 6.54 Å². The summed E-state index contributed by atoms with van der Waals surface area (Å²) in [5.41, 5.74) is 4.34. The minimum atomic E-state index is 0.741. The number of anilines is 2. The molecule has 118 valence electrons. The molecule has 0 bridgehead atoms. The van der Waals surface area contributed by atoms with Gasteiger partial charge in [0.05, 0.1) is 22.7 Å². The first-order valence-corrected chi connectivity index (χ1v) is 7.80. The SMILES string of the molecule is CN(C)c1c(Cl)cccc1NCc1ccc(-n2ccnc2)cc1. The first kappa shape index (κ1) is 15.4. The van der Waals surface area contributed by atoms with Crippen molar-refractivity contribution >= 4 is 23.0 Å². The molecular formula is C18H19ClN4. The molecule has 0 saturated carbocycles. The molecule has 0 atom stereocenters. The van der Waals surface area contributed by atoms with Gasteiger partial charge < -0.3 is 14.8 Å². The number of halogens is 1. The molecule has 1 heterocycles. The number of rotatable bonds is 5. The van der Waals surface area contributed by atoms with Crippen LogP contribution in [-0.2, 0) is 6.54 Å². The number of nitrogens with one attached hydrogen (secondary N) is 1. The van der Waals surface area contributed by atoms with Gasteiger partial charge in [-0.15, -0.1) is 0 Å². The Morgan fingerprint density at radius 3 is 2.57 bits per heavy atom. The molecule has 0 spiro atoms. The van der Waals surface area contributed by atoms with E-state index in [0.29, 0.717) is 0 Å². The summed E-state index contributed by atoms with van der Waals surface area (Å²) in [7, 11) is 3.98. The number of hydrogen-bond acceptors (Lipinski definition) is 3. The fourth-order valence-corrected chi connectivity index (χ4v) is 2.85. The van der Waals surface area contributed by atoms with Gasteiger partial charge in [-0.05, 0) is 29.8 Å². The Labute approximate surface area is 141 Å². The topological polar surface area (TPSA) is 33.1 Å². The maximum absolute atomic E-state index is 6.29. The third-order valence-electron chi connectivity index (χ3n) is 3.66. The lowest BCUT2D eigenvalue weighted by Crippen LogP contribution is -2.12. The van der Waals surface area contributed by atoms with E-state index in [9.17, 15) is 0 Å². The molecule has 0 amide bonds.